The Balaban J connectivity index is 1.81. The van der Waals surface area contributed by atoms with Gasteiger partial charge in [0.1, 0.15) is 0 Å². The number of nitrogens with zero attached hydrogens (tertiary/aromatic N) is 1. The predicted molar refractivity (Wildman–Crippen MR) is 78.2 cm³/mol. The summed E-state index contributed by atoms with van der Waals surface area (Å²) in [6.45, 7) is 2.07. The van der Waals surface area contributed by atoms with E-state index in [9.17, 15) is 13.2 Å². The van der Waals surface area contributed by atoms with Crippen molar-refractivity contribution in [3.05, 3.63) is 29.8 Å². The minimum Gasteiger partial charge on any atom is -0.366 e. The molecule has 2 aliphatic heterocycles. The molecule has 114 valence electrons. The van der Waals surface area contributed by atoms with Crippen LogP contribution >= 0.6 is 0 Å². The number of sulfonamides is 1. The Morgan fingerprint density at radius 2 is 1.95 bits per heavy atom. The van der Waals surface area contributed by atoms with E-state index in [-0.39, 0.29) is 4.90 Å². The lowest BCUT2D eigenvalue weighted by atomic mass is 9.95. The van der Waals surface area contributed by atoms with Crippen molar-refractivity contribution >= 4 is 15.9 Å². The van der Waals surface area contributed by atoms with Crippen molar-refractivity contribution in [2.24, 2.45) is 11.7 Å². The summed E-state index contributed by atoms with van der Waals surface area (Å²) in [6.07, 6.45) is 1.88. The second-order valence-corrected chi connectivity index (χ2v) is 7.59. The van der Waals surface area contributed by atoms with E-state index >= 15 is 0 Å². The summed E-state index contributed by atoms with van der Waals surface area (Å²) < 4.78 is 26.8. The average Bonchev–Trinajstić information content (AvgIpc) is 2.94. The van der Waals surface area contributed by atoms with E-state index in [1.54, 1.807) is 4.31 Å². The van der Waals surface area contributed by atoms with Gasteiger partial charge in [-0.2, -0.15) is 4.31 Å². The second kappa shape index (κ2) is 5.40. The highest BCUT2D eigenvalue weighted by molar-refractivity contribution is 7.89. The zero-order valence-corrected chi connectivity index (χ0v) is 12.5. The quantitative estimate of drug-likeness (QED) is 0.832. The van der Waals surface area contributed by atoms with Gasteiger partial charge in [0, 0.05) is 24.7 Å². The molecule has 1 amide bonds. The molecule has 0 spiro atoms. The highest BCUT2D eigenvalue weighted by Crippen LogP contribution is 2.28. The van der Waals surface area contributed by atoms with Gasteiger partial charge in [0.05, 0.1) is 4.90 Å². The van der Waals surface area contributed by atoms with E-state index in [4.69, 9.17) is 5.73 Å². The average molecular weight is 309 g/mol. The standard InChI is InChI=1S/C14H19N3O3S/c15-14(18)10-1-3-12(4-2-10)21(19,20)17-8-6-13-11(9-17)5-7-16-13/h1-4,11,13,16H,5-9H2,(H2,15,18). The van der Waals surface area contributed by atoms with Crippen molar-refractivity contribution in [3.8, 4) is 0 Å². The molecule has 2 unspecified atom stereocenters. The van der Waals surface area contributed by atoms with Crippen LogP contribution in [0.4, 0.5) is 0 Å². The molecule has 0 radical (unpaired) electrons. The molecule has 2 aliphatic rings. The Morgan fingerprint density at radius 1 is 1.24 bits per heavy atom. The number of hydrogen-bond donors (Lipinski definition) is 2. The van der Waals surface area contributed by atoms with Gasteiger partial charge in [0.2, 0.25) is 15.9 Å². The number of fused-ring (bicyclic) bond motifs is 1. The van der Waals surface area contributed by atoms with Crippen LogP contribution in [0.3, 0.4) is 0 Å². The number of benzene rings is 1. The third-order valence-corrected chi connectivity index (χ3v) is 6.27. The molecular weight excluding hydrogens is 290 g/mol. The lowest BCUT2D eigenvalue weighted by Crippen LogP contribution is -2.46. The molecule has 0 aliphatic carbocycles. The Hall–Kier alpha value is -1.44. The maximum Gasteiger partial charge on any atom is 0.248 e. The first-order valence-corrected chi connectivity index (χ1v) is 8.56. The van der Waals surface area contributed by atoms with Gasteiger partial charge in [-0.15, -0.1) is 0 Å². The number of carbonyl (C=O) groups is 1. The third-order valence-electron chi connectivity index (χ3n) is 4.39. The summed E-state index contributed by atoms with van der Waals surface area (Å²) in [4.78, 5) is 11.3. The SMILES string of the molecule is NC(=O)c1ccc(S(=O)(=O)N2CCC3NCCC3C2)cc1. The fourth-order valence-electron chi connectivity index (χ4n) is 3.17. The van der Waals surface area contributed by atoms with Gasteiger partial charge in [-0.1, -0.05) is 0 Å². The molecule has 1 aromatic carbocycles. The molecule has 6 nitrogen and oxygen atoms in total. The zero-order chi connectivity index (χ0) is 15.0. The number of amides is 1. The first-order chi connectivity index (χ1) is 9.98. The Kier molecular flexibility index (Phi) is 3.73. The maximum absolute atomic E-state index is 12.6. The van der Waals surface area contributed by atoms with Gasteiger partial charge in [-0.3, -0.25) is 4.79 Å². The summed E-state index contributed by atoms with van der Waals surface area (Å²) in [5.74, 6) is -0.157. The Bertz CT molecular complexity index is 642. The van der Waals surface area contributed by atoms with Crippen LogP contribution in [0.15, 0.2) is 29.2 Å². The van der Waals surface area contributed by atoms with E-state index in [2.05, 4.69) is 5.32 Å². The fraction of sp³-hybridized carbons (Fsp3) is 0.500. The van der Waals surface area contributed by atoms with Crippen molar-refractivity contribution in [1.29, 1.82) is 0 Å². The molecule has 1 aromatic rings. The lowest BCUT2D eigenvalue weighted by Gasteiger charge is -2.34. The molecule has 21 heavy (non-hydrogen) atoms. The molecule has 0 bridgehead atoms. The molecule has 2 heterocycles. The van der Waals surface area contributed by atoms with Gasteiger partial charge < -0.3 is 11.1 Å². The van der Waals surface area contributed by atoms with Crippen molar-refractivity contribution in [2.75, 3.05) is 19.6 Å². The van der Waals surface area contributed by atoms with Crippen LogP contribution in [-0.4, -0.2) is 44.3 Å². The number of nitrogens with one attached hydrogen (secondary N) is 1. The number of rotatable bonds is 3. The van der Waals surface area contributed by atoms with Crippen molar-refractivity contribution in [1.82, 2.24) is 9.62 Å². The molecule has 2 saturated heterocycles. The minimum atomic E-state index is -3.49. The second-order valence-electron chi connectivity index (χ2n) is 5.65. The monoisotopic (exact) mass is 309 g/mol. The number of piperidine rings is 1. The fourth-order valence-corrected chi connectivity index (χ4v) is 4.68. The topological polar surface area (TPSA) is 92.5 Å². The highest BCUT2D eigenvalue weighted by Gasteiger charge is 2.37. The number of carbonyl (C=O) groups excluding carboxylic acids is 1. The molecule has 2 atom stereocenters. The van der Waals surface area contributed by atoms with Gasteiger partial charge >= 0.3 is 0 Å². The molecular formula is C14H19N3O3S. The first-order valence-electron chi connectivity index (χ1n) is 7.12. The van der Waals surface area contributed by atoms with Gasteiger partial charge in [0.15, 0.2) is 0 Å². The van der Waals surface area contributed by atoms with Crippen LogP contribution in [0.25, 0.3) is 0 Å². The van der Waals surface area contributed by atoms with E-state index in [0.717, 1.165) is 19.4 Å². The lowest BCUT2D eigenvalue weighted by molar-refractivity contribution is 0.1000. The van der Waals surface area contributed by atoms with Gasteiger partial charge in [-0.05, 0) is 49.6 Å². The summed E-state index contributed by atoms with van der Waals surface area (Å²) in [5.41, 5.74) is 5.48. The van der Waals surface area contributed by atoms with E-state index in [1.165, 1.54) is 24.3 Å². The summed E-state index contributed by atoms with van der Waals surface area (Å²) in [7, 11) is -3.49. The molecule has 2 fully saturated rings. The zero-order valence-electron chi connectivity index (χ0n) is 11.7. The summed E-state index contributed by atoms with van der Waals surface area (Å²) in [6, 6.07) is 6.27. The largest absolute Gasteiger partial charge is 0.366 e. The third kappa shape index (κ3) is 2.68. The van der Waals surface area contributed by atoms with Crippen LogP contribution in [0.5, 0.6) is 0 Å². The van der Waals surface area contributed by atoms with E-state index in [1.807, 2.05) is 0 Å². The summed E-state index contributed by atoms with van der Waals surface area (Å²) in [5, 5.41) is 3.42. The number of primary amides is 1. The number of nitrogens with two attached hydrogens (primary N) is 1. The predicted octanol–water partition coefficient (Wildman–Crippen LogP) is 0.158. The van der Waals surface area contributed by atoms with Crippen LogP contribution in [0, 0.1) is 5.92 Å². The van der Waals surface area contributed by atoms with Crippen LogP contribution < -0.4 is 11.1 Å². The maximum atomic E-state index is 12.6. The summed E-state index contributed by atoms with van der Waals surface area (Å²) >= 11 is 0. The van der Waals surface area contributed by atoms with Crippen molar-refractivity contribution < 1.29 is 13.2 Å². The van der Waals surface area contributed by atoms with Crippen LogP contribution in [-0.2, 0) is 10.0 Å². The number of hydrogen-bond acceptors (Lipinski definition) is 4. The Morgan fingerprint density at radius 3 is 2.62 bits per heavy atom. The van der Waals surface area contributed by atoms with Crippen LogP contribution in [0.2, 0.25) is 0 Å². The molecule has 0 saturated carbocycles. The van der Waals surface area contributed by atoms with Gasteiger partial charge in [-0.25, -0.2) is 8.42 Å². The van der Waals surface area contributed by atoms with Crippen LogP contribution in [0.1, 0.15) is 23.2 Å². The van der Waals surface area contributed by atoms with Crippen molar-refractivity contribution in [3.63, 3.8) is 0 Å². The van der Waals surface area contributed by atoms with Gasteiger partial charge in [0.25, 0.3) is 0 Å². The molecule has 7 heteroatoms. The van der Waals surface area contributed by atoms with E-state index < -0.39 is 15.9 Å². The minimum absolute atomic E-state index is 0.219. The Labute approximate surface area is 124 Å². The molecule has 0 aromatic heterocycles. The smallest absolute Gasteiger partial charge is 0.248 e. The van der Waals surface area contributed by atoms with E-state index in [0.29, 0.717) is 30.6 Å². The highest BCUT2D eigenvalue weighted by atomic mass is 32.2. The first kappa shape index (κ1) is 14.5. The molecule has 3 N–H and O–H groups in total. The normalized spacial score (nSPS) is 26.5. The van der Waals surface area contributed by atoms with Crippen molar-refractivity contribution in [2.45, 2.75) is 23.8 Å². The molecule has 3 rings (SSSR count).